The number of amides is 1. The van der Waals surface area contributed by atoms with E-state index in [1.165, 1.54) is 12.8 Å². The molecule has 1 aliphatic rings. The first-order chi connectivity index (χ1) is 10.2. The number of hydrogen-bond acceptors (Lipinski definition) is 5. The van der Waals surface area contributed by atoms with E-state index >= 15 is 0 Å². The molecule has 1 aromatic heterocycles. The van der Waals surface area contributed by atoms with Crippen molar-refractivity contribution >= 4 is 11.9 Å². The molecular formula is C15H24N4O2. The van der Waals surface area contributed by atoms with E-state index in [0.717, 1.165) is 25.0 Å². The van der Waals surface area contributed by atoms with E-state index in [2.05, 4.69) is 20.6 Å². The molecule has 1 amide bonds. The van der Waals surface area contributed by atoms with Gasteiger partial charge in [0.15, 0.2) is 0 Å². The molecule has 0 saturated heterocycles. The smallest absolute Gasteiger partial charge is 0.270 e. The molecule has 6 nitrogen and oxygen atoms in total. The average Bonchev–Trinajstić information content (AvgIpc) is 2.95. The third-order valence-corrected chi connectivity index (χ3v) is 3.59. The molecule has 2 rings (SSSR count). The zero-order valence-electron chi connectivity index (χ0n) is 12.8. The van der Waals surface area contributed by atoms with Crippen LogP contribution in [0.5, 0.6) is 0 Å². The van der Waals surface area contributed by atoms with Crippen molar-refractivity contribution in [3.63, 3.8) is 0 Å². The second-order valence-electron chi connectivity index (χ2n) is 5.45. The second-order valence-corrected chi connectivity index (χ2v) is 5.45. The maximum atomic E-state index is 12.1. The number of anilines is 1. The number of nitrogens with zero attached hydrogens (tertiary/aromatic N) is 2. The van der Waals surface area contributed by atoms with Crippen LogP contribution in [0.4, 0.5) is 5.95 Å². The molecule has 1 heterocycles. The third kappa shape index (κ3) is 4.97. The van der Waals surface area contributed by atoms with Crippen LogP contribution < -0.4 is 10.6 Å². The quantitative estimate of drug-likeness (QED) is 0.751. The lowest BCUT2D eigenvalue weighted by molar-refractivity contribution is 0.0943. The van der Waals surface area contributed by atoms with Crippen LogP contribution >= 0.6 is 0 Å². The Labute approximate surface area is 125 Å². The molecule has 116 valence electrons. The van der Waals surface area contributed by atoms with E-state index in [9.17, 15) is 4.79 Å². The van der Waals surface area contributed by atoms with Gasteiger partial charge in [0.25, 0.3) is 5.91 Å². The summed E-state index contributed by atoms with van der Waals surface area (Å²) in [6.45, 7) is 3.10. The minimum absolute atomic E-state index is 0.161. The van der Waals surface area contributed by atoms with Gasteiger partial charge in [-0.2, -0.15) is 0 Å². The molecule has 6 heteroatoms. The minimum Gasteiger partial charge on any atom is -0.385 e. The highest BCUT2D eigenvalue weighted by Crippen LogP contribution is 2.20. The fourth-order valence-electron chi connectivity index (χ4n) is 2.51. The van der Waals surface area contributed by atoms with E-state index in [4.69, 9.17) is 4.74 Å². The van der Waals surface area contributed by atoms with E-state index < -0.39 is 0 Å². The normalized spacial score (nSPS) is 15.1. The maximum absolute atomic E-state index is 12.1. The lowest BCUT2D eigenvalue weighted by Crippen LogP contribution is -2.27. The SMILES string of the molecule is COCCCNC(=O)c1cc(C)nc(NC2CCCC2)n1. The molecular weight excluding hydrogens is 268 g/mol. The van der Waals surface area contributed by atoms with Gasteiger partial charge in [0.05, 0.1) is 0 Å². The average molecular weight is 292 g/mol. The Morgan fingerprint density at radius 2 is 2.14 bits per heavy atom. The zero-order valence-corrected chi connectivity index (χ0v) is 12.8. The van der Waals surface area contributed by atoms with E-state index in [0.29, 0.717) is 30.8 Å². The zero-order chi connectivity index (χ0) is 15.1. The van der Waals surface area contributed by atoms with Crippen molar-refractivity contribution in [3.8, 4) is 0 Å². The molecule has 1 aliphatic carbocycles. The molecule has 0 radical (unpaired) electrons. The first-order valence-corrected chi connectivity index (χ1v) is 7.58. The predicted molar refractivity (Wildman–Crippen MR) is 81.5 cm³/mol. The van der Waals surface area contributed by atoms with Crippen LogP contribution in [0.25, 0.3) is 0 Å². The summed E-state index contributed by atoms with van der Waals surface area (Å²) in [5.41, 5.74) is 1.22. The van der Waals surface area contributed by atoms with Gasteiger partial charge in [-0.05, 0) is 32.3 Å². The Hall–Kier alpha value is -1.69. The van der Waals surface area contributed by atoms with Gasteiger partial charge in [-0.3, -0.25) is 4.79 Å². The van der Waals surface area contributed by atoms with Crippen molar-refractivity contribution in [2.75, 3.05) is 25.6 Å². The summed E-state index contributed by atoms with van der Waals surface area (Å²) in [5.74, 6) is 0.398. The highest BCUT2D eigenvalue weighted by Gasteiger charge is 2.17. The third-order valence-electron chi connectivity index (χ3n) is 3.59. The van der Waals surface area contributed by atoms with Crippen molar-refractivity contribution in [2.24, 2.45) is 0 Å². The molecule has 2 N–H and O–H groups in total. The summed E-state index contributed by atoms with van der Waals surface area (Å²) >= 11 is 0. The molecule has 0 unspecified atom stereocenters. The number of methoxy groups -OCH3 is 1. The largest absolute Gasteiger partial charge is 0.385 e. The Morgan fingerprint density at radius 3 is 2.86 bits per heavy atom. The molecule has 1 aromatic rings. The van der Waals surface area contributed by atoms with Crippen molar-refractivity contribution < 1.29 is 9.53 Å². The number of carbonyl (C=O) groups excluding carboxylic acids is 1. The van der Waals surface area contributed by atoms with Crippen LogP contribution in [-0.2, 0) is 4.74 Å². The summed E-state index contributed by atoms with van der Waals surface area (Å²) in [6.07, 6.45) is 5.58. The summed E-state index contributed by atoms with van der Waals surface area (Å²) in [7, 11) is 1.65. The molecule has 1 fully saturated rings. The Bertz CT molecular complexity index is 473. The highest BCUT2D eigenvalue weighted by molar-refractivity contribution is 5.92. The van der Waals surface area contributed by atoms with Gasteiger partial charge in [-0.1, -0.05) is 12.8 Å². The molecule has 0 bridgehead atoms. The van der Waals surface area contributed by atoms with Crippen LogP contribution in [0, 0.1) is 6.92 Å². The topological polar surface area (TPSA) is 76.1 Å². The van der Waals surface area contributed by atoms with Crippen molar-refractivity contribution in [2.45, 2.75) is 45.1 Å². The molecule has 1 saturated carbocycles. The van der Waals surface area contributed by atoms with Crippen molar-refractivity contribution in [3.05, 3.63) is 17.5 Å². The minimum atomic E-state index is -0.161. The van der Waals surface area contributed by atoms with Crippen LogP contribution in [0.3, 0.4) is 0 Å². The summed E-state index contributed by atoms with van der Waals surface area (Å²) in [4.78, 5) is 20.8. The maximum Gasteiger partial charge on any atom is 0.270 e. The van der Waals surface area contributed by atoms with Gasteiger partial charge in [-0.25, -0.2) is 9.97 Å². The molecule has 0 spiro atoms. The van der Waals surface area contributed by atoms with Crippen LogP contribution in [0.2, 0.25) is 0 Å². The molecule has 0 aromatic carbocycles. The van der Waals surface area contributed by atoms with Gasteiger partial charge in [0.1, 0.15) is 5.69 Å². The summed E-state index contributed by atoms with van der Waals surface area (Å²) in [6, 6.07) is 2.15. The first-order valence-electron chi connectivity index (χ1n) is 7.58. The van der Waals surface area contributed by atoms with Crippen LogP contribution in [0.1, 0.15) is 48.3 Å². The van der Waals surface area contributed by atoms with Crippen molar-refractivity contribution in [1.82, 2.24) is 15.3 Å². The standard InChI is InChI=1S/C15H24N4O2/c1-11-10-13(14(20)16-8-5-9-21-2)19-15(17-11)18-12-6-3-4-7-12/h10,12H,3-9H2,1-2H3,(H,16,20)(H,17,18,19). The lowest BCUT2D eigenvalue weighted by Gasteiger charge is -2.13. The van der Waals surface area contributed by atoms with Crippen molar-refractivity contribution in [1.29, 1.82) is 0 Å². The van der Waals surface area contributed by atoms with E-state index in [1.807, 2.05) is 6.92 Å². The van der Waals surface area contributed by atoms with Gasteiger partial charge in [0.2, 0.25) is 5.95 Å². The highest BCUT2D eigenvalue weighted by atomic mass is 16.5. The van der Waals surface area contributed by atoms with Gasteiger partial charge in [-0.15, -0.1) is 0 Å². The molecule has 0 atom stereocenters. The first kappa shape index (κ1) is 15.7. The van der Waals surface area contributed by atoms with Crippen LogP contribution in [-0.4, -0.2) is 42.2 Å². The number of carbonyl (C=O) groups is 1. The molecule has 0 aliphatic heterocycles. The van der Waals surface area contributed by atoms with Crippen LogP contribution in [0.15, 0.2) is 6.07 Å². The number of aryl methyl sites for hydroxylation is 1. The summed E-state index contributed by atoms with van der Waals surface area (Å²) < 4.78 is 4.96. The van der Waals surface area contributed by atoms with Gasteiger partial charge < -0.3 is 15.4 Å². The Kier molecular flexibility index (Phi) is 5.92. The number of aromatic nitrogens is 2. The van der Waals surface area contributed by atoms with Gasteiger partial charge >= 0.3 is 0 Å². The predicted octanol–water partition coefficient (Wildman–Crippen LogP) is 1.91. The fraction of sp³-hybridized carbons (Fsp3) is 0.667. The second kappa shape index (κ2) is 7.93. The fourth-order valence-corrected chi connectivity index (χ4v) is 2.51. The number of rotatable bonds is 7. The monoisotopic (exact) mass is 292 g/mol. The summed E-state index contributed by atoms with van der Waals surface area (Å²) in [5, 5.41) is 6.18. The Morgan fingerprint density at radius 1 is 1.38 bits per heavy atom. The molecule has 21 heavy (non-hydrogen) atoms. The van der Waals surface area contributed by atoms with E-state index in [-0.39, 0.29) is 5.91 Å². The number of hydrogen-bond donors (Lipinski definition) is 2. The Balaban J connectivity index is 1.95. The number of nitrogens with one attached hydrogen (secondary N) is 2. The van der Waals surface area contributed by atoms with E-state index in [1.54, 1.807) is 13.2 Å². The number of ether oxygens (including phenoxy) is 1. The lowest BCUT2D eigenvalue weighted by atomic mass is 10.2. The van der Waals surface area contributed by atoms with Gasteiger partial charge in [0, 0.05) is 32.0 Å².